The van der Waals surface area contributed by atoms with Gasteiger partial charge in [-0.3, -0.25) is 0 Å². The molecule has 2 heteroatoms. The van der Waals surface area contributed by atoms with E-state index in [1.807, 2.05) is 0 Å². The van der Waals surface area contributed by atoms with Gasteiger partial charge in [-0.1, -0.05) is 0 Å². The molecule has 0 radical (unpaired) electrons. The molecule has 30 valence electrons. The first-order chi connectivity index (χ1) is 2.27. The second-order valence-corrected chi connectivity index (χ2v) is 0.716. The van der Waals surface area contributed by atoms with E-state index in [1.165, 1.54) is 6.92 Å². The van der Waals surface area contributed by atoms with Gasteiger partial charge < -0.3 is 5.11 Å². The highest BCUT2D eigenvalue weighted by molar-refractivity contribution is 4.75. The lowest BCUT2D eigenvalue weighted by Crippen LogP contribution is -1.53. The molecule has 0 aliphatic carbocycles. The lowest BCUT2D eigenvalue weighted by molar-refractivity contribution is 0.441. The summed E-state index contributed by atoms with van der Waals surface area (Å²) in [4.78, 5) is 0. The Morgan fingerprint density at radius 2 is 2.20 bits per heavy atom. The minimum atomic E-state index is -0.565. The van der Waals surface area contributed by atoms with Crippen molar-refractivity contribution in [2.24, 2.45) is 0 Å². The van der Waals surface area contributed by atoms with Crippen molar-refractivity contribution in [3.8, 4) is 0 Å². The van der Waals surface area contributed by atoms with Crippen LogP contribution in [0.15, 0.2) is 12.1 Å². The third kappa shape index (κ3) is 3.47. The predicted molar refractivity (Wildman–Crippen MR) is 17.5 cm³/mol. The zero-order valence-corrected chi connectivity index (χ0v) is 2.90. The third-order valence-electron chi connectivity index (χ3n) is 0.178. The van der Waals surface area contributed by atoms with Crippen molar-refractivity contribution >= 4 is 0 Å². The van der Waals surface area contributed by atoms with E-state index >= 15 is 0 Å². The first-order valence-electron chi connectivity index (χ1n) is 1.24. The average molecular weight is 76.1 g/mol. The van der Waals surface area contributed by atoms with E-state index in [9.17, 15) is 4.39 Å². The van der Waals surface area contributed by atoms with Gasteiger partial charge in [0.2, 0.25) is 0 Å². The molecule has 1 N–H and O–H groups in total. The maximum Gasteiger partial charge on any atom is 0.131 e. The smallest absolute Gasteiger partial charge is 0.131 e. The van der Waals surface area contributed by atoms with E-state index in [0.717, 1.165) is 0 Å². The SMILES string of the molecule is CC(F)=CO. The van der Waals surface area contributed by atoms with E-state index in [1.54, 1.807) is 0 Å². The van der Waals surface area contributed by atoms with Crippen LogP contribution in [0.3, 0.4) is 0 Å². The normalized spacial score (nSPS) is 12.0. The van der Waals surface area contributed by atoms with E-state index in [4.69, 9.17) is 5.11 Å². The van der Waals surface area contributed by atoms with Gasteiger partial charge in [-0.25, -0.2) is 4.39 Å². The molecule has 5 heavy (non-hydrogen) atoms. The highest BCUT2D eigenvalue weighted by Crippen LogP contribution is 1.85. The summed E-state index contributed by atoms with van der Waals surface area (Å²) < 4.78 is 11.0. The van der Waals surface area contributed by atoms with Crippen LogP contribution in [0.5, 0.6) is 0 Å². The molecule has 0 aliphatic heterocycles. The fourth-order valence-electron chi connectivity index (χ4n) is 0. The van der Waals surface area contributed by atoms with Crippen LogP contribution in [0, 0.1) is 0 Å². The standard InChI is InChI=1S/C3H5FO/c1-3(4)2-5/h2,5H,1H3. The fraction of sp³-hybridized carbons (Fsp3) is 0.333. The monoisotopic (exact) mass is 76.0 g/mol. The summed E-state index contributed by atoms with van der Waals surface area (Å²) in [6.07, 6.45) is 0.417. The Kier molecular flexibility index (Phi) is 1.57. The summed E-state index contributed by atoms with van der Waals surface area (Å²) in [5, 5.41) is 7.61. The number of allylic oxidation sites excluding steroid dienone is 1. The van der Waals surface area contributed by atoms with Crippen molar-refractivity contribution in [2.75, 3.05) is 0 Å². The molecule has 0 fully saturated rings. The van der Waals surface area contributed by atoms with Crippen LogP contribution >= 0.6 is 0 Å². The zero-order valence-electron chi connectivity index (χ0n) is 2.90. The molecule has 0 aliphatic rings. The molecular formula is C3H5FO. The molecule has 0 heterocycles. The molecular weight excluding hydrogens is 71.0 g/mol. The van der Waals surface area contributed by atoms with Gasteiger partial charge in [0, 0.05) is 0 Å². The van der Waals surface area contributed by atoms with Gasteiger partial charge in [-0.05, 0) is 6.92 Å². The largest absolute Gasteiger partial charge is 0.513 e. The van der Waals surface area contributed by atoms with E-state index in [2.05, 4.69) is 0 Å². The molecule has 0 aromatic heterocycles. The third-order valence-corrected chi connectivity index (χ3v) is 0.178. The molecule has 0 rings (SSSR count). The van der Waals surface area contributed by atoms with Crippen molar-refractivity contribution in [3.63, 3.8) is 0 Å². The Morgan fingerprint density at radius 1 is 2.00 bits per heavy atom. The molecule has 0 saturated heterocycles. The van der Waals surface area contributed by atoms with E-state index in [-0.39, 0.29) is 0 Å². The zero-order chi connectivity index (χ0) is 4.28. The van der Waals surface area contributed by atoms with Gasteiger partial charge in [0.05, 0.1) is 0 Å². The van der Waals surface area contributed by atoms with Gasteiger partial charge in [0.1, 0.15) is 12.1 Å². The first kappa shape index (κ1) is 4.47. The molecule has 0 amide bonds. The Hall–Kier alpha value is -0.530. The minimum absolute atomic E-state index is 0.417. The minimum Gasteiger partial charge on any atom is -0.513 e. The van der Waals surface area contributed by atoms with Crippen LogP contribution in [-0.4, -0.2) is 5.11 Å². The van der Waals surface area contributed by atoms with E-state index < -0.39 is 5.83 Å². The molecule has 1 nitrogen and oxygen atoms in total. The second-order valence-electron chi connectivity index (χ2n) is 0.716. The number of halogens is 1. The van der Waals surface area contributed by atoms with Crippen molar-refractivity contribution < 1.29 is 9.50 Å². The van der Waals surface area contributed by atoms with Crippen molar-refractivity contribution in [1.29, 1.82) is 0 Å². The quantitative estimate of drug-likeness (QED) is 0.432. The maximum atomic E-state index is 11.0. The summed E-state index contributed by atoms with van der Waals surface area (Å²) in [6, 6.07) is 0. The van der Waals surface area contributed by atoms with Gasteiger partial charge >= 0.3 is 0 Å². The highest BCUT2D eigenvalue weighted by Gasteiger charge is 1.69. The summed E-state index contributed by atoms with van der Waals surface area (Å²) in [7, 11) is 0. The fourth-order valence-corrected chi connectivity index (χ4v) is 0. The molecule has 0 atom stereocenters. The Balaban J connectivity index is 3.14. The van der Waals surface area contributed by atoms with Gasteiger partial charge in [0.25, 0.3) is 0 Å². The molecule has 0 aromatic carbocycles. The molecule has 0 aromatic rings. The van der Waals surface area contributed by atoms with Crippen molar-refractivity contribution in [2.45, 2.75) is 6.92 Å². The number of aliphatic hydroxyl groups excluding tert-OH is 1. The van der Waals surface area contributed by atoms with Crippen molar-refractivity contribution in [3.05, 3.63) is 12.1 Å². The van der Waals surface area contributed by atoms with E-state index in [0.29, 0.717) is 6.26 Å². The predicted octanol–water partition coefficient (Wildman–Crippen LogP) is 1.38. The topological polar surface area (TPSA) is 20.2 Å². The summed E-state index contributed by atoms with van der Waals surface area (Å²) >= 11 is 0. The van der Waals surface area contributed by atoms with Gasteiger partial charge in [0.15, 0.2) is 0 Å². The van der Waals surface area contributed by atoms with Gasteiger partial charge in [-0.15, -0.1) is 0 Å². The van der Waals surface area contributed by atoms with Crippen LogP contribution < -0.4 is 0 Å². The number of hydrogen-bond acceptors (Lipinski definition) is 1. The van der Waals surface area contributed by atoms with Crippen LogP contribution in [-0.2, 0) is 0 Å². The van der Waals surface area contributed by atoms with Gasteiger partial charge in [-0.2, -0.15) is 0 Å². The lowest BCUT2D eigenvalue weighted by atomic mass is 10.7. The number of rotatable bonds is 0. The molecule has 0 saturated carbocycles. The lowest BCUT2D eigenvalue weighted by Gasteiger charge is -1.68. The average Bonchev–Trinajstić information content (AvgIpc) is 1.38. The first-order valence-corrected chi connectivity index (χ1v) is 1.24. The number of hydrogen-bond donors (Lipinski definition) is 1. The van der Waals surface area contributed by atoms with Crippen LogP contribution in [0.2, 0.25) is 0 Å². The molecule has 0 unspecified atom stereocenters. The summed E-state index contributed by atoms with van der Waals surface area (Å²) in [6.45, 7) is 1.17. The van der Waals surface area contributed by atoms with Crippen molar-refractivity contribution in [1.82, 2.24) is 0 Å². The molecule has 0 spiro atoms. The summed E-state index contributed by atoms with van der Waals surface area (Å²) in [5.74, 6) is -0.565. The van der Waals surface area contributed by atoms with Crippen LogP contribution in [0.1, 0.15) is 6.92 Å². The van der Waals surface area contributed by atoms with Crippen LogP contribution in [0.4, 0.5) is 4.39 Å². The molecule has 0 bridgehead atoms. The Bertz CT molecular complexity index is 44.9. The Labute approximate surface area is 29.7 Å². The highest BCUT2D eigenvalue weighted by atomic mass is 19.1. The summed E-state index contributed by atoms with van der Waals surface area (Å²) in [5.41, 5.74) is 0. The Morgan fingerprint density at radius 3 is 2.20 bits per heavy atom. The van der Waals surface area contributed by atoms with Crippen LogP contribution in [0.25, 0.3) is 0 Å². The number of aliphatic hydroxyl groups is 1. The maximum absolute atomic E-state index is 11.0. The second kappa shape index (κ2) is 1.76.